The molecule has 2 aromatic heterocycles. The summed E-state index contributed by atoms with van der Waals surface area (Å²) in [5, 5.41) is 7.06. The van der Waals surface area contributed by atoms with Crippen molar-refractivity contribution in [3.8, 4) is 5.82 Å². The second kappa shape index (κ2) is 9.19. The van der Waals surface area contributed by atoms with Crippen LogP contribution in [-0.4, -0.2) is 46.3 Å². The van der Waals surface area contributed by atoms with E-state index in [1.54, 1.807) is 12.5 Å². The molecule has 7 heteroatoms. The minimum atomic E-state index is 0.179. The van der Waals surface area contributed by atoms with Crippen LogP contribution in [0.15, 0.2) is 42.0 Å². The number of nitrogens with zero attached hydrogens (tertiary/aromatic N) is 4. The molecule has 2 atom stereocenters. The third kappa shape index (κ3) is 4.04. The number of aromatic nitrogens is 3. The molecule has 0 bridgehead atoms. The number of imidazole rings is 1. The summed E-state index contributed by atoms with van der Waals surface area (Å²) in [7, 11) is 1.82. The van der Waals surface area contributed by atoms with E-state index in [0.717, 1.165) is 43.2 Å². The number of rotatable bonds is 8. The van der Waals surface area contributed by atoms with E-state index in [1.807, 2.05) is 30.1 Å². The molecule has 0 amide bonds. The van der Waals surface area contributed by atoms with Gasteiger partial charge in [0.05, 0.1) is 6.10 Å². The number of hydrogen-bond donors (Lipinski definition) is 2. The molecule has 28 heavy (non-hydrogen) atoms. The molecular formula is C21H32N6O. The van der Waals surface area contributed by atoms with Gasteiger partial charge in [0, 0.05) is 50.2 Å². The fraction of sp³-hybridized carbons (Fsp3) is 0.571. The molecule has 0 aromatic carbocycles. The summed E-state index contributed by atoms with van der Waals surface area (Å²) >= 11 is 0. The monoisotopic (exact) mass is 384 g/mol. The van der Waals surface area contributed by atoms with Crippen molar-refractivity contribution >= 4 is 5.96 Å². The number of guanidine groups is 1. The maximum atomic E-state index is 5.98. The maximum absolute atomic E-state index is 5.98. The van der Waals surface area contributed by atoms with Crippen LogP contribution in [0.5, 0.6) is 0 Å². The molecule has 2 N–H and O–H groups in total. The van der Waals surface area contributed by atoms with Gasteiger partial charge < -0.3 is 15.4 Å². The van der Waals surface area contributed by atoms with E-state index in [1.165, 1.54) is 0 Å². The Morgan fingerprint density at radius 2 is 2.14 bits per heavy atom. The minimum absolute atomic E-state index is 0.179. The van der Waals surface area contributed by atoms with Crippen molar-refractivity contribution < 1.29 is 4.74 Å². The molecular weight excluding hydrogens is 352 g/mol. The first-order valence-electron chi connectivity index (χ1n) is 10.2. The van der Waals surface area contributed by atoms with E-state index in [0.29, 0.717) is 18.7 Å². The molecule has 1 aliphatic rings. The van der Waals surface area contributed by atoms with Gasteiger partial charge in [-0.2, -0.15) is 0 Å². The number of hydrogen-bond acceptors (Lipinski definition) is 4. The molecule has 2 heterocycles. The highest BCUT2D eigenvalue weighted by Crippen LogP contribution is 2.48. The van der Waals surface area contributed by atoms with Crippen LogP contribution in [0.1, 0.15) is 45.6 Å². The first-order valence-corrected chi connectivity index (χ1v) is 10.2. The molecule has 7 nitrogen and oxygen atoms in total. The first-order chi connectivity index (χ1) is 13.7. The quantitative estimate of drug-likeness (QED) is 0.541. The maximum Gasteiger partial charge on any atom is 0.191 e. The van der Waals surface area contributed by atoms with E-state index < -0.39 is 0 Å². The fourth-order valence-corrected chi connectivity index (χ4v) is 4.24. The van der Waals surface area contributed by atoms with E-state index in [2.05, 4.69) is 52.4 Å². The highest BCUT2D eigenvalue weighted by atomic mass is 16.5. The zero-order valence-corrected chi connectivity index (χ0v) is 17.4. The van der Waals surface area contributed by atoms with Crippen molar-refractivity contribution in [2.45, 2.75) is 58.7 Å². The summed E-state index contributed by atoms with van der Waals surface area (Å²) in [4.78, 5) is 12.9. The zero-order chi connectivity index (χ0) is 20.0. The van der Waals surface area contributed by atoms with Crippen molar-refractivity contribution in [3.05, 3.63) is 42.6 Å². The van der Waals surface area contributed by atoms with Crippen LogP contribution in [0.4, 0.5) is 0 Å². The van der Waals surface area contributed by atoms with Crippen LogP contribution in [0, 0.1) is 5.41 Å². The summed E-state index contributed by atoms with van der Waals surface area (Å²) in [6.45, 7) is 8.04. The second-order valence-corrected chi connectivity index (χ2v) is 7.23. The molecule has 1 fully saturated rings. The first kappa shape index (κ1) is 20.3. The summed E-state index contributed by atoms with van der Waals surface area (Å²) in [6.07, 6.45) is 10.8. The Morgan fingerprint density at radius 1 is 1.32 bits per heavy atom. The Bertz CT molecular complexity index is 769. The van der Waals surface area contributed by atoms with E-state index >= 15 is 0 Å². The van der Waals surface area contributed by atoms with Gasteiger partial charge in [-0.1, -0.05) is 13.8 Å². The summed E-state index contributed by atoms with van der Waals surface area (Å²) in [5.41, 5.74) is 1.32. The number of pyridine rings is 1. The van der Waals surface area contributed by atoms with E-state index in [4.69, 9.17) is 4.74 Å². The van der Waals surface area contributed by atoms with Crippen molar-refractivity contribution in [2.75, 3.05) is 13.7 Å². The van der Waals surface area contributed by atoms with Crippen molar-refractivity contribution in [2.24, 2.45) is 10.4 Å². The second-order valence-electron chi connectivity index (χ2n) is 7.23. The summed E-state index contributed by atoms with van der Waals surface area (Å²) in [5.74, 6) is 1.68. The van der Waals surface area contributed by atoms with Gasteiger partial charge in [-0.15, -0.1) is 0 Å². The van der Waals surface area contributed by atoms with E-state index in [9.17, 15) is 0 Å². The lowest BCUT2D eigenvalue weighted by Gasteiger charge is -2.55. The zero-order valence-electron chi connectivity index (χ0n) is 17.4. The van der Waals surface area contributed by atoms with Crippen LogP contribution in [0.2, 0.25) is 0 Å². The molecule has 0 spiro atoms. The van der Waals surface area contributed by atoms with Gasteiger partial charge in [0.1, 0.15) is 12.1 Å². The van der Waals surface area contributed by atoms with Crippen LogP contribution in [0.25, 0.3) is 5.82 Å². The third-order valence-electron chi connectivity index (χ3n) is 6.04. The lowest BCUT2D eigenvalue weighted by atomic mass is 9.58. The molecule has 1 saturated carbocycles. The molecule has 3 rings (SSSR count). The SMILES string of the molecule is CCOC1CC(NC(=NC)NCc2ccnc(-n3ccnc3)c2)C1(CC)CC. The van der Waals surface area contributed by atoms with Crippen molar-refractivity contribution in [3.63, 3.8) is 0 Å². The highest BCUT2D eigenvalue weighted by Gasteiger charge is 2.53. The minimum Gasteiger partial charge on any atom is -0.378 e. The van der Waals surface area contributed by atoms with Crippen molar-refractivity contribution in [1.29, 1.82) is 0 Å². The highest BCUT2D eigenvalue weighted by molar-refractivity contribution is 5.80. The van der Waals surface area contributed by atoms with Crippen LogP contribution >= 0.6 is 0 Å². The average Bonchev–Trinajstić information content (AvgIpc) is 3.26. The third-order valence-corrected chi connectivity index (χ3v) is 6.04. The predicted molar refractivity (Wildman–Crippen MR) is 112 cm³/mol. The standard InChI is InChI=1S/C21H32N6O/c1-5-21(6-2)17(13-18(21)28-7-3)26-20(22-4)25-14-16-8-9-24-19(12-16)27-11-10-23-15-27/h8-12,15,17-18H,5-7,13-14H2,1-4H3,(H2,22,25,26). The molecule has 0 aliphatic heterocycles. The van der Waals surface area contributed by atoms with Crippen molar-refractivity contribution in [1.82, 2.24) is 25.2 Å². The van der Waals surface area contributed by atoms with E-state index in [-0.39, 0.29) is 5.41 Å². The van der Waals surface area contributed by atoms with Gasteiger partial charge in [0.25, 0.3) is 0 Å². The number of aliphatic imine (C=N–C) groups is 1. The number of ether oxygens (including phenoxy) is 1. The van der Waals surface area contributed by atoms with Gasteiger partial charge in [0.2, 0.25) is 0 Å². The Labute approximate surface area is 167 Å². The molecule has 2 unspecified atom stereocenters. The van der Waals surface area contributed by atoms with Gasteiger partial charge >= 0.3 is 0 Å². The smallest absolute Gasteiger partial charge is 0.191 e. The van der Waals surface area contributed by atoms with Crippen LogP contribution in [-0.2, 0) is 11.3 Å². The Morgan fingerprint density at radius 3 is 2.79 bits per heavy atom. The summed E-state index contributed by atoms with van der Waals surface area (Å²) in [6, 6.07) is 4.44. The molecule has 152 valence electrons. The lowest BCUT2D eigenvalue weighted by molar-refractivity contribution is -0.133. The average molecular weight is 385 g/mol. The van der Waals surface area contributed by atoms with Gasteiger partial charge in [-0.25, -0.2) is 9.97 Å². The number of nitrogens with one attached hydrogen (secondary N) is 2. The fourth-order valence-electron chi connectivity index (χ4n) is 4.24. The van der Waals surface area contributed by atoms with Crippen LogP contribution < -0.4 is 10.6 Å². The molecule has 0 saturated heterocycles. The Balaban J connectivity index is 1.61. The molecule has 2 aromatic rings. The van der Waals surface area contributed by atoms with Gasteiger partial charge in [-0.3, -0.25) is 9.56 Å². The van der Waals surface area contributed by atoms with Gasteiger partial charge in [0.15, 0.2) is 5.96 Å². The topological polar surface area (TPSA) is 76.4 Å². The van der Waals surface area contributed by atoms with Crippen LogP contribution in [0.3, 0.4) is 0 Å². The Hall–Kier alpha value is -2.41. The lowest BCUT2D eigenvalue weighted by Crippen LogP contribution is -2.65. The predicted octanol–water partition coefficient (Wildman–Crippen LogP) is 2.92. The Kier molecular flexibility index (Phi) is 6.67. The summed E-state index contributed by atoms with van der Waals surface area (Å²) < 4.78 is 7.88. The van der Waals surface area contributed by atoms with Gasteiger partial charge in [-0.05, 0) is 43.9 Å². The largest absolute Gasteiger partial charge is 0.378 e. The molecule has 0 radical (unpaired) electrons. The molecule has 1 aliphatic carbocycles. The normalized spacial score (nSPS) is 21.2.